The standard InChI is InChI=1S/C15H21N7O2S/c1-2-21-5-3-10-11(9-21)25-14-12(10)13(16-4-7-24-8-6-23)17-15-18-19-20-22(14)15/h23H,2-9H2,1H3,(H,16,17,18,20). The molecule has 1 aliphatic heterocycles. The molecule has 0 aromatic carbocycles. The van der Waals surface area contributed by atoms with Crippen molar-refractivity contribution in [1.82, 2.24) is 29.9 Å². The van der Waals surface area contributed by atoms with Gasteiger partial charge in [-0.15, -0.1) is 11.3 Å². The van der Waals surface area contributed by atoms with E-state index >= 15 is 0 Å². The van der Waals surface area contributed by atoms with Crippen LogP contribution in [0.1, 0.15) is 17.4 Å². The minimum atomic E-state index is 0.0336. The van der Waals surface area contributed by atoms with Gasteiger partial charge in [-0.3, -0.25) is 4.90 Å². The molecule has 0 amide bonds. The summed E-state index contributed by atoms with van der Waals surface area (Å²) in [5.41, 5.74) is 1.35. The number of aromatic nitrogens is 5. The molecule has 0 aliphatic carbocycles. The van der Waals surface area contributed by atoms with Gasteiger partial charge in [0.15, 0.2) is 0 Å². The van der Waals surface area contributed by atoms with E-state index in [0.717, 1.165) is 42.1 Å². The SMILES string of the molecule is CCN1CCc2c(sc3c2c(NCCOCCO)nc2nnnn23)C1. The summed E-state index contributed by atoms with van der Waals surface area (Å²) in [5.74, 6) is 1.31. The predicted octanol–water partition coefficient (Wildman–Crippen LogP) is 0.533. The number of hydrogen-bond donors (Lipinski definition) is 2. The summed E-state index contributed by atoms with van der Waals surface area (Å²) in [6, 6.07) is 0. The predicted molar refractivity (Wildman–Crippen MR) is 95.0 cm³/mol. The number of nitrogens with one attached hydrogen (secondary N) is 1. The van der Waals surface area contributed by atoms with E-state index in [9.17, 15) is 0 Å². The van der Waals surface area contributed by atoms with Gasteiger partial charge in [0.2, 0.25) is 0 Å². The molecule has 0 fully saturated rings. The molecule has 134 valence electrons. The fraction of sp³-hybridized carbons (Fsp3) is 0.600. The molecule has 0 atom stereocenters. The number of hydrogen-bond acceptors (Lipinski definition) is 9. The van der Waals surface area contributed by atoms with Crippen LogP contribution in [0.2, 0.25) is 0 Å². The zero-order valence-electron chi connectivity index (χ0n) is 14.1. The normalized spacial score (nSPS) is 15.1. The highest BCUT2D eigenvalue weighted by molar-refractivity contribution is 7.19. The van der Waals surface area contributed by atoms with Gasteiger partial charge in [0.05, 0.1) is 25.2 Å². The molecule has 0 bridgehead atoms. The molecular formula is C15H21N7O2S. The van der Waals surface area contributed by atoms with Gasteiger partial charge in [-0.25, -0.2) is 0 Å². The van der Waals surface area contributed by atoms with Crippen LogP contribution in [0.25, 0.3) is 16.0 Å². The number of nitrogens with zero attached hydrogens (tertiary/aromatic N) is 6. The maximum Gasteiger partial charge on any atom is 0.276 e. The second-order valence-corrected chi connectivity index (χ2v) is 7.00. The number of aliphatic hydroxyl groups is 1. The molecule has 9 nitrogen and oxygen atoms in total. The molecule has 0 spiro atoms. The molecule has 0 saturated heterocycles. The van der Waals surface area contributed by atoms with Gasteiger partial charge in [-0.05, 0) is 29.0 Å². The summed E-state index contributed by atoms with van der Waals surface area (Å²) in [4.78, 5) is 9.45. The quantitative estimate of drug-likeness (QED) is 0.587. The van der Waals surface area contributed by atoms with Crippen LogP contribution in [0.3, 0.4) is 0 Å². The van der Waals surface area contributed by atoms with Crippen molar-refractivity contribution in [3.8, 4) is 0 Å². The molecule has 3 aromatic rings. The molecule has 0 radical (unpaired) electrons. The van der Waals surface area contributed by atoms with E-state index in [2.05, 4.69) is 37.6 Å². The van der Waals surface area contributed by atoms with Crippen LogP contribution in [0, 0.1) is 0 Å². The zero-order valence-corrected chi connectivity index (χ0v) is 14.9. The lowest BCUT2D eigenvalue weighted by Crippen LogP contribution is -2.29. The lowest BCUT2D eigenvalue weighted by Gasteiger charge is -2.25. The zero-order chi connectivity index (χ0) is 17.2. The monoisotopic (exact) mass is 363 g/mol. The Morgan fingerprint density at radius 1 is 1.36 bits per heavy atom. The summed E-state index contributed by atoms with van der Waals surface area (Å²) >= 11 is 1.75. The maximum atomic E-state index is 8.78. The summed E-state index contributed by atoms with van der Waals surface area (Å²) in [6.45, 7) is 6.78. The minimum Gasteiger partial charge on any atom is -0.394 e. The molecular weight excluding hydrogens is 342 g/mol. The smallest absolute Gasteiger partial charge is 0.276 e. The number of aliphatic hydroxyl groups excluding tert-OH is 1. The van der Waals surface area contributed by atoms with E-state index in [0.29, 0.717) is 25.5 Å². The van der Waals surface area contributed by atoms with Crippen molar-refractivity contribution in [2.45, 2.75) is 19.9 Å². The first-order valence-corrected chi connectivity index (χ1v) is 9.30. The molecule has 10 heteroatoms. The molecule has 0 saturated carbocycles. The van der Waals surface area contributed by atoms with Gasteiger partial charge >= 0.3 is 0 Å². The van der Waals surface area contributed by atoms with Crippen LogP contribution in [0.5, 0.6) is 0 Å². The highest BCUT2D eigenvalue weighted by atomic mass is 32.1. The number of fused-ring (bicyclic) bond motifs is 5. The van der Waals surface area contributed by atoms with Gasteiger partial charge in [0.1, 0.15) is 10.6 Å². The van der Waals surface area contributed by atoms with Crippen LogP contribution < -0.4 is 5.32 Å². The highest BCUT2D eigenvalue weighted by Gasteiger charge is 2.25. The second kappa shape index (κ2) is 7.16. The van der Waals surface area contributed by atoms with E-state index in [4.69, 9.17) is 9.84 Å². The lowest BCUT2D eigenvalue weighted by molar-refractivity contribution is 0.0992. The number of ether oxygens (including phenoxy) is 1. The molecule has 3 aromatic heterocycles. The first-order chi connectivity index (χ1) is 12.3. The first kappa shape index (κ1) is 16.6. The fourth-order valence-electron chi connectivity index (χ4n) is 3.18. The van der Waals surface area contributed by atoms with E-state index < -0.39 is 0 Å². The highest BCUT2D eigenvalue weighted by Crippen LogP contribution is 2.38. The number of anilines is 1. The number of rotatable bonds is 7. The first-order valence-electron chi connectivity index (χ1n) is 8.49. The van der Waals surface area contributed by atoms with Crippen molar-refractivity contribution < 1.29 is 9.84 Å². The van der Waals surface area contributed by atoms with Crippen LogP contribution in [0.15, 0.2) is 0 Å². The summed E-state index contributed by atoms with van der Waals surface area (Å²) < 4.78 is 7.05. The van der Waals surface area contributed by atoms with Crippen molar-refractivity contribution >= 4 is 33.1 Å². The average Bonchev–Trinajstić information content (AvgIpc) is 3.24. The summed E-state index contributed by atoms with van der Waals surface area (Å²) in [5, 5.41) is 25.1. The Morgan fingerprint density at radius 2 is 2.28 bits per heavy atom. The van der Waals surface area contributed by atoms with Crippen LogP contribution in [-0.2, 0) is 17.7 Å². The van der Waals surface area contributed by atoms with E-state index in [1.54, 1.807) is 15.9 Å². The van der Waals surface area contributed by atoms with Crippen molar-refractivity contribution in [2.75, 3.05) is 44.8 Å². The Hall–Kier alpha value is -1.88. The Bertz CT molecular complexity index is 878. The van der Waals surface area contributed by atoms with E-state index in [-0.39, 0.29) is 6.61 Å². The third-order valence-electron chi connectivity index (χ3n) is 4.43. The Morgan fingerprint density at radius 3 is 3.12 bits per heavy atom. The number of tetrazole rings is 1. The molecule has 25 heavy (non-hydrogen) atoms. The van der Waals surface area contributed by atoms with E-state index in [1.165, 1.54) is 10.4 Å². The average molecular weight is 363 g/mol. The Kier molecular flexibility index (Phi) is 4.75. The van der Waals surface area contributed by atoms with Crippen molar-refractivity contribution in [3.05, 3.63) is 10.4 Å². The van der Waals surface area contributed by atoms with Gasteiger partial charge in [0, 0.05) is 24.5 Å². The second-order valence-electron chi connectivity index (χ2n) is 5.92. The fourth-order valence-corrected chi connectivity index (χ4v) is 4.52. The maximum absolute atomic E-state index is 8.78. The largest absolute Gasteiger partial charge is 0.394 e. The van der Waals surface area contributed by atoms with Crippen molar-refractivity contribution in [3.63, 3.8) is 0 Å². The topological polar surface area (TPSA) is 101 Å². The molecule has 2 N–H and O–H groups in total. The van der Waals surface area contributed by atoms with E-state index in [1.807, 2.05) is 0 Å². The van der Waals surface area contributed by atoms with Crippen LogP contribution >= 0.6 is 11.3 Å². The molecule has 0 unspecified atom stereocenters. The Balaban J connectivity index is 1.71. The van der Waals surface area contributed by atoms with Crippen molar-refractivity contribution in [2.24, 2.45) is 0 Å². The lowest BCUT2D eigenvalue weighted by atomic mass is 10.1. The van der Waals surface area contributed by atoms with Gasteiger partial charge < -0.3 is 15.2 Å². The molecule has 1 aliphatic rings. The third kappa shape index (κ3) is 3.06. The molecule has 4 rings (SSSR count). The summed E-state index contributed by atoms with van der Waals surface area (Å²) in [7, 11) is 0. The summed E-state index contributed by atoms with van der Waals surface area (Å²) in [6.07, 6.45) is 1.01. The number of likely N-dealkylation sites (N-methyl/N-ethyl adjacent to an activating group) is 1. The third-order valence-corrected chi connectivity index (χ3v) is 5.63. The molecule has 4 heterocycles. The number of thiophene rings is 1. The van der Waals surface area contributed by atoms with Gasteiger partial charge in [0.25, 0.3) is 5.78 Å². The van der Waals surface area contributed by atoms with Crippen molar-refractivity contribution in [1.29, 1.82) is 0 Å². The van der Waals surface area contributed by atoms with Gasteiger partial charge in [-0.2, -0.15) is 9.50 Å². The van der Waals surface area contributed by atoms with Crippen LogP contribution in [0.4, 0.5) is 5.82 Å². The van der Waals surface area contributed by atoms with Gasteiger partial charge in [-0.1, -0.05) is 12.0 Å². The Labute approximate surface area is 148 Å². The minimum absolute atomic E-state index is 0.0336. The van der Waals surface area contributed by atoms with Crippen LogP contribution in [-0.4, -0.2) is 74.5 Å².